The third-order valence-electron chi connectivity index (χ3n) is 6.12. The molecule has 0 spiro atoms. The van der Waals surface area contributed by atoms with Gasteiger partial charge in [-0.3, -0.25) is 9.20 Å². The van der Waals surface area contributed by atoms with Crippen LogP contribution in [0.5, 0.6) is 0 Å². The molecular weight excluding hydrogens is 368 g/mol. The molecule has 0 radical (unpaired) electrons. The Balaban J connectivity index is 1.70. The summed E-state index contributed by atoms with van der Waals surface area (Å²) in [5.74, 6) is 0.599. The van der Waals surface area contributed by atoms with E-state index in [0.717, 1.165) is 34.7 Å². The second-order valence-electron chi connectivity index (χ2n) is 8.13. The summed E-state index contributed by atoms with van der Waals surface area (Å²) in [5.41, 5.74) is 5.58. The summed E-state index contributed by atoms with van der Waals surface area (Å²) in [4.78, 5) is 15.0. The van der Waals surface area contributed by atoms with Crippen LogP contribution < -0.4 is 0 Å². The number of aromatic nitrogens is 3. The minimum atomic E-state index is 0.200. The molecule has 1 saturated heterocycles. The van der Waals surface area contributed by atoms with Gasteiger partial charge in [0.05, 0.1) is 11.3 Å². The van der Waals surface area contributed by atoms with Gasteiger partial charge in [0, 0.05) is 12.1 Å². The van der Waals surface area contributed by atoms with Crippen molar-refractivity contribution in [3.63, 3.8) is 0 Å². The first-order valence-corrected chi connectivity index (χ1v) is 11.1. The third-order valence-corrected chi connectivity index (χ3v) is 7.03. The van der Waals surface area contributed by atoms with Crippen LogP contribution in [-0.4, -0.2) is 43.2 Å². The summed E-state index contributed by atoms with van der Waals surface area (Å²) in [7, 11) is 0. The van der Waals surface area contributed by atoms with Gasteiger partial charge in [0.25, 0.3) is 0 Å². The molecule has 0 aliphatic carbocycles. The second-order valence-corrected chi connectivity index (χ2v) is 9.08. The van der Waals surface area contributed by atoms with Crippen molar-refractivity contribution in [2.24, 2.45) is 0 Å². The van der Waals surface area contributed by atoms with Crippen molar-refractivity contribution in [3.8, 4) is 0 Å². The molecule has 5 nitrogen and oxygen atoms in total. The van der Waals surface area contributed by atoms with Crippen molar-refractivity contribution >= 4 is 34.2 Å². The van der Waals surface area contributed by atoms with Crippen molar-refractivity contribution in [1.29, 1.82) is 0 Å². The fourth-order valence-electron chi connectivity index (χ4n) is 4.47. The van der Waals surface area contributed by atoms with E-state index in [2.05, 4.69) is 72.3 Å². The van der Waals surface area contributed by atoms with E-state index in [1.54, 1.807) is 0 Å². The number of hydrogen-bond acceptors (Lipinski definition) is 4. The van der Waals surface area contributed by atoms with Crippen molar-refractivity contribution in [1.82, 2.24) is 19.5 Å². The fraction of sp³-hybridized carbons (Fsp3) is 0.500. The summed E-state index contributed by atoms with van der Waals surface area (Å²) in [6, 6.07) is 7.12. The number of benzene rings is 1. The number of hydrogen-bond donors (Lipinski definition) is 0. The maximum atomic E-state index is 12.9. The van der Waals surface area contributed by atoms with Gasteiger partial charge in [-0.2, -0.15) is 0 Å². The van der Waals surface area contributed by atoms with E-state index >= 15 is 0 Å². The van der Waals surface area contributed by atoms with Gasteiger partial charge < -0.3 is 4.90 Å². The molecule has 3 aromatic rings. The van der Waals surface area contributed by atoms with Gasteiger partial charge in [-0.1, -0.05) is 23.9 Å². The Morgan fingerprint density at radius 2 is 1.82 bits per heavy atom. The number of fused-ring (bicyclic) bond motifs is 3. The Morgan fingerprint density at radius 3 is 2.54 bits per heavy atom. The molecule has 1 aliphatic heterocycles. The zero-order valence-electron chi connectivity index (χ0n) is 17.3. The molecule has 1 aromatic carbocycles. The Kier molecular flexibility index (Phi) is 5.08. The summed E-state index contributed by atoms with van der Waals surface area (Å²) >= 11 is 1.50. The highest BCUT2D eigenvalue weighted by Gasteiger charge is 2.29. The number of carbonyl (C=O) groups excluding carboxylic acids is 1. The van der Waals surface area contributed by atoms with Gasteiger partial charge in [-0.15, -0.1) is 10.2 Å². The molecule has 2 aromatic heterocycles. The van der Waals surface area contributed by atoms with E-state index in [0.29, 0.717) is 17.8 Å². The highest BCUT2D eigenvalue weighted by molar-refractivity contribution is 7.99. The molecule has 1 amide bonds. The molecule has 0 N–H and O–H groups in total. The third kappa shape index (κ3) is 3.17. The predicted octanol–water partition coefficient (Wildman–Crippen LogP) is 4.69. The van der Waals surface area contributed by atoms with Crippen molar-refractivity contribution < 1.29 is 4.79 Å². The summed E-state index contributed by atoms with van der Waals surface area (Å²) in [6.45, 7) is 10.7. The molecular formula is C22H28N4OS. The Labute approximate surface area is 170 Å². The zero-order valence-corrected chi connectivity index (χ0v) is 18.1. The van der Waals surface area contributed by atoms with E-state index in [9.17, 15) is 4.79 Å². The topological polar surface area (TPSA) is 50.5 Å². The summed E-state index contributed by atoms with van der Waals surface area (Å²) in [5, 5.41) is 10.8. The lowest BCUT2D eigenvalue weighted by Gasteiger charge is -2.39. The smallest absolute Gasteiger partial charge is 0.233 e. The first-order chi connectivity index (χ1) is 13.4. The summed E-state index contributed by atoms with van der Waals surface area (Å²) in [6.07, 6.45) is 3.39. The van der Waals surface area contributed by atoms with Crippen molar-refractivity contribution in [2.75, 3.05) is 5.75 Å². The van der Waals surface area contributed by atoms with Crippen LogP contribution in [0.4, 0.5) is 0 Å². The average molecular weight is 397 g/mol. The van der Waals surface area contributed by atoms with Crippen LogP contribution in [-0.2, 0) is 4.79 Å². The standard InChI is InChI=1S/C22H28N4OS/c1-13-9-10-18-11-14(2)21-23-24-22(26(21)20(18)17(13)5)28-12-19(27)25-15(3)7-6-8-16(25)4/h9-11,15-16H,6-8,12H2,1-5H3/t15-,16-/m1/s1. The molecule has 0 unspecified atom stereocenters. The van der Waals surface area contributed by atoms with Crippen LogP contribution in [0.3, 0.4) is 0 Å². The van der Waals surface area contributed by atoms with Crippen LogP contribution in [0.25, 0.3) is 16.6 Å². The maximum absolute atomic E-state index is 12.9. The van der Waals surface area contributed by atoms with Gasteiger partial charge in [0.1, 0.15) is 0 Å². The summed E-state index contributed by atoms with van der Waals surface area (Å²) < 4.78 is 2.13. The van der Waals surface area contributed by atoms with E-state index < -0.39 is 0 Å². The van der Waals surface area contributed by atoms with Crippen LogP contribution in [0.2, 0.25) is 0 Å². The van der Waals surface area contributed by atoms with Crippen LogP contribution >= 0.6 is 11.8 Å². The van der Waals surface area contributed by atoms with Gasteiger partial charge >= 0.3 is 0 Å². The van der Waals surface area contributed by atoms with E-state index in [1.807, 2.05) is 0 Å². The van der Waals surface area contributed by atoms with Crippen molar-refractivity contribution in [3.05, 3.63) is 34.9 Å². The molecule has 2 atom stereocenters. The van der Waals surface area contributed by atoms with Gasteiger partial charge in [-0.05, 0) is 82.0 Å². The minimum Gasteiger partial charge on any atom is -0.337 e. The molecule has 6 heteroatoms. The number of piperidine rings is 1. The number of likely N-dealkylation sites (tertiary alicyclic amines) is 1. The van der Waals surface area contributed by atoms with E-state index in [4.69, 9.17) is 0 Å². The van der Waals surface area contributed by atoms with Gasteiger partial charge in [0.2, 0.25) is 5.91 Å². The number of amides is 1. The molecule has 1 fully saturated rings. The lowest BCUT2D eigenvalue weighted by atomic mass is 9.98. The highest BCUT2D eigenvalue weighted by Crippen LogP contribution is 2.30. The molecule has 4 rings (SSSR count). The number of thioether (sulfide) groups is 1. The van der Waals surface area contributed by atoms with E-state index in [-0.39, 0.29) is 5.91 Å². The lowest BCUT2D eigenvalue weighted by Crippen LogP contribution is -2.48. The average Bonchev–Trinajstić information content (AvgIpc) is 3.07. The first kappa shape index (κ1) is 19.2. The fourth-order valence-corrected chi connectivity index (χ4v) is 5.27. The van der Waals surface area contributed by atoms with Crippen LogP contribution in [0.1, 0.15) is 49.8 Å². The van der Waals surface area contributed by atoms with Gasteiger partial charge in [-0.25, -0.2) is 0 Å². The molecule has 3 heterocycles. The quantitative estimate of drug-likeness (QED) is 0.603. The second kappa shape index (κ2) is 7.39. The Bertz CT molecular complexity index is 1050. The zero-order chi connectivity index (χ0) is 20.0. The molecule has 1 aliphatic rings. The number of pyridine rings is 1. The molecule has 148 valence electrons. The highest BCUT2D eigenvalue weighted by atomic mass is 32.2. The lowest BCUT2D eigenvalue weighted by molar-refractivity contribution is -0.134. The monoisotopic (exact) mass is 396 g/mol. The Morgan fingerprint density at radius 1 is 1.11 bits per heavy atom. The first-order valence-electron chi connectivity index (χ1n) is 10.1. The maximum Gasteiger partial charge on any atom is 0.233 e. The van der Waals surface area contributed by atoms with Crippen LogP contribution in [0.15, 0.2) is 23.4 Å². The normalized spacial score (nSPS) is 20.2. The largest absolute Gasteiger partial charge is 0.337 e. The number of aryl methyl sites for hydroxylation is 3. The minimum absolute atomic E-state index is 0.200. The Hall–Kier alpha value is -2.08. The molecule has 28 heavy (non-hydrogen) atoms. The van der Waals surface area contributed by atoms with E-state index in [1.165, 1.54) is 34.7 Å². The van der Waals surface area contributed by atoms with Crippen molar-refractivity contribution in [2.45, 2.75) is 71.1 Å². The number of nitrogens with zero attached hydrogens (tertiary/aromatic N) is 4. The van der Waals surface area contributed by atoms with Gasteiger partial charge in [0.15, 0.2) is 10.8 Å². The molecule has 0 bridgehead atoms. The number of carbonyl (C=O) groups is 1. The SMILES string of the molecule is Cc1ccc2cc(C)c3nnc(SCC(=O)N4[C@H](C)CCC[C@H]4C)n3c2c1C. The number of rotatable bonds is 3. The predicted molar refractivity (Wildman–Crippen MR) is 115 cm³/mol. The van der Waals surface area contributed by atoms with Crippen LogP contribution in [0, 0.1) is 20.8 Å². The molecule has 0 saturated carbocycles.